The number of halogens is 1. The van der Waals surface area contributed by atoms with Gasteiger partial charge in [-0.25, -0.2) is 4.39 Å². The number of carbonyl (C=O) groups excluding carboxylic acids is 1. The van der Waals surface area contributed by atoms with Crippen molar-refractivity contribution in [2.75, 3.05) is 5.73 Å². The van der Waals surface area contributed by atoms with E-state index in [0.29, 0.717) is 18.8 Å². The number of hydrogen-bond donors (Lipinski definition) is 2. The molecule has 1 aliphatic rings. The Morgan fingerprint density at radius 3 is 2.50 bits per heavy atom. The Morgan fingerprint density at radius 2 is 1.88 bits per heavy atom. The number of benzene rings is 2. The first-order chi connectivity index (χ1) is 11.6. The van der Waals surface area contributed by atoms with E-state index in [-0.39, 0.29) is 17.8 Å². The summed E-state index contributed by atoms with van der Waals surface area (Å²) in [6.07, 6.45) is 4.43. The SMILES string of the molecule is Nc1ccccc1CCC(=O)NC(c1ccc(F)cc1)C1CCC1. The highest BCUT2D eigenvalue weighted by Gasteiger charge is 2.29. The number of hydrogen-bond acceptors (Lipinski definition) is 2. The average Bonchev–Trinajstić information content (AvgIpc) is 2.52. The van der Waals surface area contributed by atoms with E-state index in [0.717, 1.165) is 29.7 Å². The molecule has 0 radical (unpaired) electrons. The molecule has 126 valence electrons. The van der Waals surface area contributed by atoms with E-state index in [9.17, 15) is 9.18 Å². The summed E-state index contributed by atoms with van der Waals surface area (Å²) < 4.78 is 13.2. The highest BCUT2D eigenvalue weighted by Crippen LogP contribution is 2.37. The molecular weight excluding hydrogens is 303 g/mol. The molecule has 0 bridgehead atoms. The predicted octanol–water partition coefficient (Wildman–Crippen LogP) is 4.00. The van der Waals surface area contributed by atoms with E-state index in [1.54, 1.807) is 12.1 Å². The Balaban J connectivity index is 1.63. The maximum absolute atomic E-state index is 13.2. The van der Waals surface area contributed by atoms with Crippen LogP contribution in [0.4, 0.5) is 10.1 Å². The van der Waals surface area contributed by atoms with Crippen molar-refractivity contribution in [3.8, 4) is 0 Å². The summed E-state index contributed by atoms with van der Waals surface area (Å²) in [7, 11) is 0. The van der Waals surface area contributed by atoms with Crippen molar-refractivity contribution in [2.45, 2.75) is 38.1 Å². The summed E-state index contributed by atoms with van der Waals surface area (Å²) in [6.45, 7) is 0. The van der Waals surface area contributed by atoms with Crippen LogP contribution in [0.5, 0.6) is 0 Å². The van der Waals surface area contributed by atoms with Crippen molar-refractivity contribution in [1.29, 1.82) is 0 Å². The van der Waals surface area contributed by atoms with Gasteiger partial charge in [0, 0.05) is 12.1 Å². The van der Waals surface area contributed by atoms with E-state index in [1.807, 2.05) is 24.3 Å². The van der Waals surface area contributed by atoms with E-state index in [1.165, 1.54) is 18.6 Å². The monoisotopic (exact) mass is 326 g/mol. The lowest BCUT2D eigenvalue weighted by molar-refractivity contribution is -0.122. The quantitative estimate of drug-likeness (QED) is 0.788. The van der Waals surface area contributed by atoms with Crippen LogP contribution in [-0.4, -0.2) is 5.91 Å². The summed E-state index contributed by atoms with van der Waals surface area (Å²) in [5.41, 5.74) is 8.62. The molecule has 0 saturated heterocycles. The zero-order valence-electron chi connectivity index (χ0n) is 13.7. The third-order valence-electron chi connectivity index (χ3n) is 4.84. The average molecular weight is 326 g/mol. The Kier molecular flexibility index (Phi) is 5.14. The standard InChI is InChI=1S/C20H23FN2O/c21-17-11-8-16(9-12-17)20(15-5-3-6-15)23-19(24)13-10-14-4-1-2-7-18(14)22/h1-2,4,7-9,11-12,15,20H,3,5-6,10,13,22H2,(H,23,24). The number of para-hydroxylation sites is 1. The molecule has 1 aliphatic carbocycles. The van der Waals surface area contributed by atoms with Gasteiger partial charge in [-0.15, -0.1) is 0 Å². The minimum absolute atomic E-state index is 0.0134. The fraction of sp³-hybridized carbons (Fsp3) is 0.350. The van der Waals surface area contributed by atoms with Crippen molar-refractivity contribution >= 4 is 11.6 Å². The van der Waals surface area contributed by atoms with Gasteiger partial charge < -0.3 is 11.1 Å². The molecule has 0 spiro atoms. The predicted molar refractivity (Wildman–Crippen MR) is 93.8 cm³/mol. The van der Waals surface area contributed by atoms with Crippen molar-refractivity contribution < 1.29 is 9.18 Å². The molecule has 24 heavy (non-hydrogen) atoms. The lowest BCUT2D eigenvalue weighted by Gasteiger charge is -2.34. The van der Waals surface area contributed by atoms with E-state index >= 15 is 0 Å². The molecule has 1 unspecified atom stereocenters. The highest BCUT2D eigenvalue weighted by atomic mass is 19.1. The lowest BCUT2D eigenvalue weighted by Crippen LogP contribution is -2.36. The van der Waals surface area contributed by atoms with Crippen LogP contribution in [0.3, 0.4) is 0 Å². The third kappa shape index (κ3) is 3.94. The molecule has 0 heterocycles. The molecule has 3 rings (SSSR count). The van der Waals surface area contributed by atoms with Crippen molar-refractivity contribution in [3.05, 3.63) is 65.5 Å². The molecule has 2 aromatic rings. The van der Waals surface area contributed by atoms with Gasteiger partial charge >= 0.3 is 0 Å². The van der Waals surface area contributed by atoms with Gasteiger partial charge in [-0.2, -0.15) is 0 Å². The normalized spacial score (nSPS) is 15.5. The topological polar surface area (TPSA) is 55.1 Å². The molecule has 1 fully saturated rings. The molecule has 1 amide bonds. The van der Waals surface area contributed by atoms with E-state index in [2.05, 4.69) is 5.32 Å². The number of amides is 1. The van der Waals surface area contributed by atoms with Crippen LogP contribution in [-0.2, 0) is 11.2 Å². The van der Waals surface area contributed by atoms with Crippen LogP contribution in [0.1, 0.15) is 42.9 Å². The van der Waals surface area contributed by atoms with Gasteiger partial charge in [0.05, 0.1) is 6.04 Å². The zero-order valence-corrected chi connectivity index (χ0v) is 13.7. The first kappa shape index (κ1) is 16.5. The Bertz CT molecular complexity index is 695. The molecule has 0 aliphatic heterocycles. The number of carbonyl (C=O) groups is 1. The van der Waals surface area contributed by atoms with Crippen molar-refractivity contribution in [1.82, 2.24) is 5.32 Å². The Morgan fingerprint density at radius 1 is 1.17 bits per heavy atom. The van der Waals surface area contributed by atoms with Crippen LogP contribution in [0.15, 0.2) is 48.5 Å². The third-order valence-corrected chi connectivity index (χ3v) is 4.84. The minimum Gasteiger partial charge on any atom is -0.399 e. The number of anilines is 1. The van der Waals surface area contributed by atoms with Gasteiger partial charge in [0.15, 0.2) is 0 Å². The first-order valence-corrected chi connectivity index (χ1v) is 8.51. The smallest absolute Gasteiger partial charge is 0.220 e. The molecule has 1 atom stereocenters. The molecule has 0 aromatic heterocycles. The number of nitrogens with two attached hydrogens (primary N) is 1. The second-order valence-corrected chi connectivity index (χ2v) is 6.49. The molecule has 3 N–H and O–H groups in total. The second-order valence-electron chi connectivity index (χ2n) is 6.49. The van der Waals surface area contributed by atoms with Crippen molar-refractivity contribution in [3.63, 3.8) is 0 Å². The van der Waals surface area contributed by atoms with Gasteiger partial charge in [0.2, 0.25) is 5.91 Å². The molecule has 3 nitrogen and oxygen atoms in total. The number of rotatable bonds is 6. The maximum Gasteiger partial charge on any atom is 0.220 e. The van der Waals surface area contributed by atoms with Crippen LogP contribution in [0.2, 0.25) is 0 Å². The Labute approximate surface area is 142 Å². The van der Waals surface area contributed by atoms with Crippen LogP contribution >= 0.6 is 0 Å². The minimum atomic E-state index is -0.253. The number of nitrogens with one attached hydrogen (secondary N) is 1. The van der Waals surface area contributed by atoms with Gasteiger partial charge in [0.1, 0.15) is 5.82 Å². The molecule has 4 heteroatoms. The van der Waals surface area contributed by atoms with Gasteiger partial charge in [-0.1, -0.05) is 36.8 Å². The second kappa shape index (κ2) is 7.47. The maximum atomic E-state index is 13.2. The summed E-state index contributed by atoms with van der Waals surface area (Å²) >= 11 is 0. The van der Waals surface area contributed by atoms with Gasteiger partial charge in [-0.3, -0.25) is 4.79 Å². The van der Waals surface area contributed by atoms with E-state index in [4.69, 9.17) is 5.73 Å². The first-order valence-electron chi connectivity index (χ1n) is 8.51. The highest BCUT2D eigenvalue weighted by molar-refractivity contribution is 5.77. The van der Waals surface area contributed by atoms with Crippen LogP contribution in [0.25, 0.3) is 0 Å². The lowest BCUT2D eigenvalue weighted by atomic mass is 9.77. The fourth-order valence-corrected chi connectivity index (χ4v) is 3.17. The largest absolute Gasteiger partial charge is 0.399 e. The number of aryl methyl sites for hydroxylation is 1. The number of nitrogen functional groups attached to an aromatic ring is 1. The van der Waals surface area contributed by atoms with Gasteiger partial charge in [0.25, 0.3) is 0 Å². The summed E-state index contributed by atoms with van der Waals surface area (Å²) in [6, 6.07) is 14.0. The summed E-state index contributed by atoms with van der Waals surface area (Å²) in [5.74, 6) is 0.206. The van der Waals surface area contributed by atoms with Crippen LogP contribution < -0.4 is 11.1 Å². The van der Waals surface area contributed by atoms with Crippen LogP contribution in [0, 0.1) is 11.7 Å². The zero-order chi connectivity index (χ0) is 16.9. The molecular formula is C20H23FN2O. The molecule has 1 saturated carbocycles. The summed E-state index contributed by atoms with van der Waals surface area (Å²) in [5, 5.41) is 3.14. The van der Waals surface area contributed by atoms with E-state index < -0.39 is 0 Å². The molecule has 2 aromatic carbocycles. The van der Waals surface area contributed by atoms with Gasteiger partial charge in [-0.05, 0) is 54.5 Å². The van der Waals surface area contributed by atoms with Crippen molar-refractivity contribution in [2.24, 2.45) is 5.92 Å². The fourth-order valence-electron chi connectivity index (χ4n) is 3.17. The Hall–Kier alpha value is -2.36. The summed E-state index contributed by atoms with van der Waals surface area (Å²) in [4.78, 5) is 12.4.